The molecule has 0 radical (unpaired) electrons. The number of halogens is 9. The third-order valence-electron chi connectivity index (χ3n) is 9.43. The van der Waals surface area contributed by atoms with Crippen LogP contribution >= 0.6 is 0 Å². The topological polar surface area (TPSA) is 91.6 Å². The van der Waals surface area contributed by atoms with E-state index in [0.29, 0.717) is 23.7 Å². The van der Waals surface area contributed by atoms with E-state index < -0.39 is 99.5 Å². The van der Waals surface area contributed by atoms with Gasteiger partial charge in [-0.2, -0.15) is 26.3 Å². The van der Waals surface area contributed by atoms with Crippen LogP contribution in [0.15, 0.2) is 29.2 Å². The van der Waals surface area contributed by atoms with Crippen molar-refractivity contribution in [2.24, 2.45) is 5.92 Å². The Morgan fingerprint density at radius 1 is 0.923 bits per heavy atom. The maximum absolute atomic E-state index is 16.6. The smallest absolute Gasteiger partial charge is 0.419 e. The van der Waals surface area contributed by atoms with Gasteiger partial charge in [0.2, 0.25) is 5.91 Å². The van der Waals surface area contributed by atoms with Gasteiger partial charge in [-0.3, -0.25) is 14.4 Å². The fourth-order valence-corrected chi connectivity index (χ4v) is 6.49. The number of aromatic nitrogens is 1. The standard InChI is InChI=1S/C36H38F9N3O4/c1-17(2)13-26(48-16-21(9-12-47-10-6-11-47)23(14-27(48)49)35(40,41)42)34(52)46-25(15-28(50)51)30-32(38)29(20(5)31(33(30)39)36(43,44)45)22-7-8-24(37)19(4)18(22)3/h7-8,14,16-17,25-26H,6,9-13,15H2,1-5H3,(H,46,52)(H,50,51)/t25-,26?/m0/s1. The van der Waals surface area contributed by atoms with Crippen molar-refractivity contribution in [3.8, 4) is 11.1 Å². The number of pyridine rings is 1. The van der Waals surface area contributed by atoms with Gasteiger partial charge < -0.3 is 19.9 Å². The van der Waals surface area contributed by atoms with Gasteiger partial charge >= 0.3 is 18.3 Å². The Hall–Kier alpha value is -4.34. The van der Waals surface area contributed by atoms with Gasteiger partial charge in [0.25, 0.3) is 5.56 Å². The van der Waals surface area contributed by atoms with Gasteiger partial charge in [0.05, 0.1) is 23.6 Å². The van der Waals surface area contributed by atoms with E-state index in [0.717, 1.165) is 31.7 Å². The van der Waals surface area contributed by atoms with Gasteiger partial charge in [0, 0.05) is 29.9 Å². The summed E-state index contributed by atoms with van der Waals surface area (Å²) in [4.78, 5) is 41.1. The number of carboxylic acid groups (broad SMARTS) is 1. The molecule has 1 amide bonds. The summed E-state index contributed by atoms with van der Waals surface area (Å²) in [6, 6.07) is -1.79. The van der Waals surface area contributed by atoms with Crippen LogP contribution in [0, 0.1) is 44.1 Å². The van der Waals surface area contributed by atoms with Crippen LogP contribution in [0.5, 0.6) is 0 Å². The predicted molar refractivity (Wildman–Crippen MR) is 173 cm³/mol. The molecule has 284 valence electrons. The summed E-state index contributed by atoms with van der Waals surface area (Å²) in [5.41, 5.74) is -8.21. The molecular weight excluding hydrogens is 709 g/mol. The van der Waals surface area contributed by atoms with Crippen molar-refractivity contribution >= 4 is 11.9 Å². The Labute approximate surface area is 293 Å². The minimum absolute atomic E-state index is 0.00934. The molecule has 0 bridgehead atoms. The molecule has 2 aromatic carbocycles. The van der Waals surface area contributed by atoms with Crippen molar-refractivity contribution in [3.63, 3.8) is 0 Å². The molecule has 4 rings (SSSR count). The van der Waals surface area contributed by atoms with Crippen LogP contribution in [-0.2, 0) is 28.4 Å². The maximum Gasteiger partial charge on any atom is 0.419 e. The number of hydrogen-bond acceptors (Lipinski definition) is 4. The van der Waals surface area contributed by atoms with Gasteiger partial charge in [0.15, 0.2) is 0 Å². The van der Waals surface area contributed by atoms with E-state index in [-0.39, 0.29) is 41.6 Å². The number of carbonyl (C=O) groups excluding carboxylic acids is 1. The summed E-state index contributed by atoms with van der Waals surface area (Å²) in [6.45, 7) is 8.13. The van der Waals surface area contributed by atoms with E-state index >= 15 is 8.78 Å². The van der Waals surface area contributed by atoms with Gasteiger partial charge in [-0.05, 0) is 92.9 Å². The number of likely N-dealkylation sites (tertiary alicyclic amines) is 1. The molecule has 2 heterocycles. The lowest BCUT2D eigenvalue weighted by atomic mass is 9.86. The van der Waals surface area contributed by atoms with Gasteiger partial charge in [-0.15, -0.1) is 0 Å². The molecule has 52 heavy (non-hydrogen) atoms. The van der Waals surface area contributed by atoms with E-state index in [1.807, 2.05) is 4.90 Å². The summed E-state index contributed by atoms with van der Waals surface area (Å²) in [6.07, 6.45) is -10.4. The van der Waals surface area contributed by atoms with E-state index in [4.69, 9.17) is 0 Å². The third-order valence-corrected chi connectivity index (χ3v) is 9.43. The van der Waals surface area contributed by atoms with Crippen molar-refractivity contribution in [1.29, 1.82) is 0 Å². The summed E-state index contributed by atoms with van der Waals surface area (Å²) in [7, 11) is 0. The number of carbonyl (C=O) groups is 2. The molecule has 1 aliphatic heterocycles. The van der Waals surface area contributed by atoms with Crippen LogP contribution in [0.25, 0.3) is 11.1 Å². The molecule has 1 aliphatic rings. The van der Waals surface area contributed by atoms with Crippen LogP contribution in [0.2, 0.25) is 0 Å². The highest BCUT2D eigenvalue weighted by atomic mass is 19.4. The third kappa shape index (κ3) is 8.48. The van der Waals surface area contributed by atoms with Crippen molar-refractivity contribution in [1.82, 2.24) is 14.8 Å². The Morgan fingerprint density at radius 2 is 1.56 bits per heavy atom. The number of amides is 1. The monoisotopic (exact) mass is 747 g/mol. The van der Waals surface area contributed by atoms with Crippen molar-refractivity contribution in [2.75, 3.05) is 19.6 Å². The second-order valence-electron chi connectivity index (χ2n) is 13.5. The lowest BCUT2D eigenvalue weighted by Gasteiger charge is -2.31. The molecule has 0 aliphatic carbocycles. The Morgan fingerprint density at radius 3 is 2.08 bits per heavy atom. The van der Waals surface area contributed by atoms with Gasteiger partial charge in [-0.1, -0.05) is 19.9 Å². The minimum atomic E-state index is -5.45. The summed E-state index contributed by atoms with van der Waals surface area (Å²) < 4.78 is 133. The summed E-state index contributed by atoms with van der Waals surface area (Å²) in [5.74, 6) is -8.10. The highest BCUT2D eigenvalue weighted by Gasteiger charge is 2.43. The van der Waals surface area contributed by atoms with Crippen LogP contribution < -0.4 is 10.9 Å². The first kappa shape index (κ1) is 40.4. The average molecular weight is 748 g/mol. The lowest BCUT2D eigenvalue weighted by Crippen LogP contribution is -2.41. The molecule has 1 fully saturated rings. The van der Waals surface area contributed by atoms with Crippen LogP contribution in [0.4, 0.5) is 39.5 Å². The van der Waals surface area contributed by atoms with E-state index in [1.54, 1.807) is 13.8 Å². The number of hydrogen-bond donors (Lipinski definition) is 2. The number of rotatable bonds is 12. The Balaban J connectivity index is 1.91. The van der Waals surface area contributed by atoms with Crippen LogP contribution in [0.1, 0.15) is 84.1 Å². The molecule has 2 atom stereocenters. The SMILES string of the molecule is Cc1c(F)ccc(-c2c(C)c(C(F)(F)F)c(F)c([C@H](CC(=O)O)NC(=O)C(CC(C)C)n3cc(CCN4CCC4)c(C(F)(F)F)cc3=O)c2F)c1C. The molecule has 0 spiro atoms. The summed E-state index contributed by atoms with van der Waals surface area (Å²) >= 11 is 0. The number of alkyl halides is 6. The van der Waals surface area contributed by atoms with E-state index in [9.17, 15) is 50.2 Å². The first-order valence-corrected chi connectivity index (χ1v) is 16.5. The van der Waals surface area contributed by atoms with Crippen LogP contribution in [0.3, 0.4) is 0 Å². The highest BCUT2D eigenvalue weighted by Crippen LogP contribution is 2.45. The second kappa shape index (κ2) is 15.3. The molecule has 1 aromatic heterocycles. The molecule has 3 aromatic rings. The Kier molecular flexibility index (Phi) is 11.9. The van der Waals surface area contributed by atoms with Crippen molar-refractivity contribution in [2.45, 2.75) is 84.7 Å². The zero-order chi connectivity index (χ0) is 39.0. The highest BCUT2D eigenvalue weighted by molar-refractivity contribution is 5.82. The first-order chi connectivity index (χ1) is 24.0. The largest absolute Gasteiger partial charge is 0.481 e. The van der Waals surface area contributed by atoms with Gasteiger partial charge in [-0.25, -0.2) is 13.2 Å². The normalized spacial score (nSPS) is 15.1. The van der Waals surface area contributed by atoms with E-state index in [1.165, 1.54) is 13.8 Å². The second-order valence-corrected chi connectivity index (χ2v) is 13.5. The number of nitrogens with zero attached hydrogens (tertiary/aromatic N) is 2. The average Bonchev–Trinajstić information content (AvgIpc) is 2.97. The Bertz CT molecular complexity index is 1910. The molecule has 1 saturated heterocycles. The predicted octanol–water partition coefficient (Wildman–Crippen LogP) is 8.06. The molecular formula is C36H38F9N3O4. The minimum Gasteiger partial charge on any atom is -0.481 e. The fraction of sp³-hybridized carbons (Fsp3) is 0.472. The van der Waals surface area contributed by atoms with Gasteiger partial charge in [0.1, 0.15) is 23.5 Å². The zero-order valence-corrected chi connectivity index (χ0v) is 29.0. The maximum atomic E-state index is 16.6. The van der Waals surface area contributed by atoms with Crippen molar-refractivity contribution < 1.29 is 54.2 Å². The van der Waals surface area contributed by atoms with E-state index in [2.05, 4.69) is 5.32 Å². The molecule has 0 saturated carbocycles. The number of nitrogens with one attached hydrogen (secondary N) is 1. The number of aliphatic carboxylic acids is 1. The lowest BCUT2D eigenvalue weighted by molar-refractivity contribution is -0.140. The quantitative estimate of drug-likeness (QED) is 0.183. The number of benzene rings is 2. The zero-order valence-electron chi connectivity index (χ0n) is 29.0. The molecule has 1 unspecified atom stereocenters. The molecule has 16 heteroatoms. The summed E-state index contributed by atoms with van der Waals surface area (Å²) in [5, 5.41) is 11.8. The number of carboxylic acids is 1. The first-order valence-electron chi connectivity index (χ1n) is 16.5. The van der Waals surface area contributed by atoms with Crippen molar-refractivity contribution in [3.05, 3.63) is 91.1 Å². The molecule has 2 N–H and O–H groups in total. The van der Waals surface area contributed by atoms with Crippen LogP contribution in [-0.4, -0.2) is 46.1 Å². The fourth-order valence-electron chi connectivity index (χ4n) is 6.49. The molecule has 7 nitrogen and oxygen atoms in total.